The molecule has 142 valence electrons. The Morgan fingerprint density at radius 2 is 2.12 bits per heavy atom. The van der Waals surface area contributed by atoms with Crippen molar-refractivity contribution in [3.05, 3.63) is 33.7 Å². The van der Waals surface area contributed by atoms with E-state index >= 15 is 0 Å². The molecule has 8 nitrogen and oxygen atoms in total. The van der Waals surface area contributed by atoms with Gasteiger partial charge in [0.1, 0.15) is 6.61 Å². The van der Waals surface area contributed by atoms with E-state index in [-0.39, 0.29) is 23.2 Å². The molecule has 1 aromatic heterocycles. The first kappa shape index (κ1) is 21.9. The van der Waals surface area contributed by atoms with Crippen molar-refractivity contribution in [2.24, 2.45) is 0 Å². The van der Waals surface area contributed by atoms with Crippen LogP contribution in [0.4, 0.5) is 9.93 Å². The Morgan fingerprint density at radius 1 is 1.42 bits per heavy atom. The molecule has 3 amide bonds. The maximum atomic E-state index is 11.8. The first-order valence-corrected chi connectivity index (χ1v) is 9.07. The van der Waals surface area contributed by atoms with Crippen LogP contribution in [0.1, 0.15) is 32.9 Å². The Balaban J connectivity index is 2.52. The number of nitrogens with zero attached hydrogens (tertiary/aromatic N) is 2. The lowest BCUT2D eigenvalue weighted by atomic mass is 10.1. The van der Waals surface area contributed by atoms with Gasteiger partial charge in [-0.15, -0.1) is 11.3 Å². The Morgan fingerprint density at radius 3 is 2.69 bits per heavy atom. The maximum absolute atomic E-state index is 11.8. The monoisotopic (exact) mass is 399 g/mol. The third-order valence-corrected chi connectivity index (χ3v) is 4.20. The molecule has 0 aromatic carbocycles. The SMILES string of the molecule is CCC(=C/S)/C=C(\C)COC(=O)Nc1nc(CC(=O)N(O)C(C)=O)cs1. The van der Waals surface area contributed by atoms with Gasteiger partial charge in [0.05, 0.1) is 12.1 Å². The summed E-state index contributed by atoms with van der Waals surface area (Å²) in [6.07, 6.45) is 1.78. The molecule has 0 spiro atoms. The van der Waals surface area contributed by atoms with Crippen molar-refractivity contribution >= 4 is 47.0 Å². The Kier molecular flexibility index (Phi) is 9.03. The van der Waals surface area contributed by atoms with Gasteiger partial charge in [-0.25, -0.2) is 9.78 Å². The van der Waals surface area contributed by atoms with Crippen molar-refractivity contribution in [1.82, 2.24) is 10.0 Å². The first-order chi connectivity index (χ1) is 12.3. The van der Waals surface area contributed by atoms with Crippen LogP contribution in [0.3, 0.4) is 0 Å². The predicted octanol–water partition coefficient (Wildman–Crippen LogP) is 3.17. The van der Waals surface area contributed by atoms with Crippen LogP contribution in [0.25, 0.3) is 0 Å². The van der Waals surface area contributed by atoms with Gasteiger partial charge in [-0.1, -0.05) is 13.0 Å². The second-order valence-electron chi connectivity index (χ2n) is 5.29. The third-order valence-electron chi connectivity index (χ3n) is 3.06. The minimum atomic E-state index is -0.804. The zero-order valence-electron chi connectivity index (χ0n) is 14.7. The van der Waals surface area contributed by atoms with Gasteiger partial charge in [0.25, 0.3) is 5.91 Å². The Bertz CT molecular complexity index is 727. The van der Waals surface area contributed by atoms with E-state index < -0.39 is 17.9 Å². The van der Waals surface area contributed by atoms with E-state index in [1.165, 1.54) is 5.38 Å². The van der Waals surface area contributed by atoms with E-state index in [1.54, 1.807) is 5.41 Å². The van der Waals surface area contributed by atoms with Crippen molar-refractivity contribution in [2.75, 3.05) is 11.9 Å². The second kappa shape index (κ2) is 10.7. The molecule has 2 N–H and O–H groups in total. The number of carbonyl (C=O) groups is 3. The highest BCUT2D eigenvalue weighted by atomic mass is 32.1. The molecular formula is C16H21N3O5S2. The summed E-state index contributed by atoms with van der Waals surface area (Å²) in [5, 5.41) is 15.2. The van der Waals surface area contributed by atoms with Crippen molar-refractivity contribution in [2.45, 2.75) is 33.6 Å². The summed E-state index contributed by atoms with van der Waals surface area (Å²) in [5.41, 5.74) is 2.20. The largest absolute Gasteiger partial charge is 0.445 e. The van der Waals surface area contributed by atoms with E-state index in [0.717, 1.165) is 35.8 Å². The molecule has 0 atom stereocenters. The van der Waals surface area contributed by atoms with Gasteiger partial charge in [-0.3, -0.25) is 20.1 Å². The quantitative estimate of drug-likeness (QED) is 0.281. The number of hydrogen-bond donors (Lipinski definition) is 3. The van der Waals surface area contributed by atoms with E-state index in [0.29, 0.717) is 5.69 Å². The summed E-state index contributed by atoms with van der Waals surface area (Å²) in [4.78, 5) is 38.3. The number of hydroxylamine groups is 2. The average Bonchev–Trinajstić information content (AvgIpc) is 3.03. The highest BCUT2D eigenvalue weighted by molar-refractivity contribution is 7.83. The first-order valence-electron chi connectivity index (χ1n) is 7.67. The molecule has 0 aliphatic rings. The number of carbonyl (C=O) groups excluding carboxylic acids is 3. The van der Waals surface area contributed by atoms with Gasteiger partial charge < -0.3 is 4.74 Å². The zero-order chi connectivity index (χ0) is 19.7. The van der Waals surface area contributed by atoms with Crippen LogP contribution in [0.2, 0.25) is 0 Å². The normalized spacial score (nSPS) is 11.9. The third kappa shape index (κ3) is 7.38. The fourth-order valence-electron chi connectivity index (χ4n) is 1.74. The number of rotatable bonds is 7. The number of thiol groups is 1. The average molecular weight is 399 g/mol. The molecule has 10 heteroatoms. The fourth-order valence-corrected chi connectivity index (χ4v) is 2.70. The van der Waals surface area contributed by atoms with Crippen LogP contribution >= 0.6 is 24.0 Å². The molecule has 1 rings (SSSR count). The van der Waals surface area contributed by atoms with Crippen LogP contribution in [0, 0.1) is 0 Å². The van der Waals surface area contributed by atoms with Gasteiger partial charge >= 0.3 is 6.09 Å². The number of amides is 3. The number of thiazole rings is 1. The smallest absolute Gasteiger partial charge is 0.413 e. The highest BCUT2D eigenvalue weighted by Gasteiger charge is 2.17. The van der Waals surface area contributed by atoms with Crippen LogP contribution < -0.4 is 5.32 Å². The maximum Gasteiger partial charge on any atom is 0.413 e. The topological polar surface area (TPSA) is 109 Å². The molecule has 26 heavy (non-hydrogen) atoms. The summed E-state index contributed by atoms with van der Waals surface area (Å²) >= 11 is 5.20. The van der Waals surface area contributed by atoms with E-state index in [4.69, 9.17) is 4.74 Å². The zero-order valence-corrected chi connectivity index (χ0v) is 16.4. The summed E-state index contributed by atoms with van der Waals surface area (Å²) < 4.78 is 5.09. The lowest BCUT2D eigenvalue weighted by Gasteiger charge is -2.08. The van der Waals surface area contributed by atoms with Crippen molar-refractivity contribution < 1.29 is 24.3 Å². The molecule has 0 aliphatic heterocycles. The summed E-state index contributed by atoms with van der Waals surface area (Å²) in [6, 6.07) is 0. The van der Waals surface area contributed by atoms with E-state index in [1.807, 2.05) is 19.9 Å². The summed E-state index contributed by atoms with van der Waals surface area (Å²) in [7, 11) is 0. The van der Waals surface area contributed by atoms with Crippen LogP contribution in [-0.2, 0) is 20.7 Å². The Labute approximate surface area is 160 Å². The van der Waals surface area contributed by atoms with Crippen LogP contribution in [0.5, 0.6) is 0 Å². The molecule has 1 heterocycles. The molecule has 0 aliphatic carbocycles. The second-order valence-corrected chi connectivity index (χ2v) is 6.41. The summed E-state index contributed by atoms with van der Waals surface area (Å²) in [6.45, 7) is 5.01. The van der Waals surface area contributed by atoms with Crippen molar-refractivity contribution in [3.8, 4) is 0 Å². The molecule has 0 unspecified atom stereocenters. The van der Waals surface area contributed by atoms with E-state index in [9.17, 15) is 19.6 Å². The molecular weight excluding hydrogens is 378 g/mol. The fraction of sp³-hybridized carbons (Fsp3) is 0.375. The molecule has 0 bridgehead atoms. The molecule has 0 fully saturated rings. The number of nitrogens with one attached hydrogen (secondary N) is 1. The molecule has 0 saturated heterocycles. The number of aromatic nitrogens is 1. The van der Waals surface area contributed by atoms with E-state index in [2.05, 4.69) is 22.9 Å². The van der Waals surface area contributed by atoms with Crippen molar-refractivity contribution in [1.29, 1.82) is 0 Å². The van der Waals surface area contributed by atoms with Gasteiger partial charge in [-0.2, -0.15) is 17.7 Å². The number of ether oxygens (including phenoxy) is 1. The van der Waals surface area contributed by atoms with Gasteiger partial charge in [0.15, 0.2) is 5.13 Å². The van der Waals surface area contributed by atoms with Gasteiger partial charge in [-0.05, 0) is 29.9 Å². The van der Waals surface area contributed by atoms with Crippen LogP contribution in [0.15, 0.2) is 28.0 Å². The number of hydrogen-bond acceptors (Lipinski definition) is 8. The number of imide groups is 1. The summed E-state index contributed by atoms with van der Waals surface area (Å²) in [5.74, 6) is -1.59. The van der Waals surface area contributed by atoms with Crippen molar-refractivity contribution in [3.63, 3.8) is 0 Å². The predicted molar refractivity (Wildman–Crippen MR) is 101 cm³/mol. The molecule has 0 radical (unpaired) electrons. The Hall–Kier alpha value is -2.17. The van der Waals surface area contributed by atoms with Gasteiger partial charge in [0.2, 0.25) is 5.91 Å². The number of anilines is 1. The molecule has 1 aromatic rings. The number of allylic oxidation sites excluding steroid dienone is 2. The minimum Gasteiger partial charge on any atom is -0.445 e. The standard InChI is InChI=1S/C16H21N3O5S2/c1-4-12(8-25)5-10(2)7-24-16(22)18-15-17-13(9-26-15)6-14(21)19(23)11(3)20/h5,8-9,23,25H,4,6-7H2,1-3H3,(H,17,18,22)/b10-5+,12-8-. The van der Waals surface area contributed by atoms with Crippen LogP contribution in [-0.4, -0.2) is 39.8 Å². The molecule has 0 saturated carbocycles. The highest BCUT2D eigenvalue weighted by Crippen LogP contribution is 2.17. The minimum absolute atomic E-state index is 0.0274. The lowest BCUT2D eigenvalue weighted by Crippen LogP contribution is -2.33. The lowest BCUT2D eigenvalue weighted by molar-refractivity contribution is -0.176. The van der Waals surface area contributed by atoms with Gasteiger partial charge in [0, 0.05) is 12.3 Å².